The number of fused-ring (bicyclic) bond motifs is 4. The Morgan fingerprint density at radius 3 is 2.58 bits per heavy atom. The molecule has 3 aromatic carbocycles. The van der Waals surface area contributed by atoms with Gasteiger partial charge >= 0.3 is 0 Å². The number of nitriles is 1. The van der Waals surface area contributed by atoms with Gasteiger partial charge in [-0.15, -0.1) is 12.4 Å². The van der Waals surface area contributed by atoms with Crippen LogP contribution >= 0.6 is 12.4 Å². The Labute approximate surface area is 199 Å². The molecule has 0 amide bonds. The first-order valence-corrected chi connectivity index (χ1v) is 11.4. The highest BCUT2D eigenvalue weighted by atomic mass is 35.5. The van der Waals surface area contributed by atoms with Crippen molar-refractivity contribution < 1.29 is 4.42 Å². The predicted molar refractivity (Wildman–Crippen MR) is 139 cm³/mol. The first-order chi connectivity index (χ1) is 15.8. The fraction of sp³-hybridized carbons (Fsp3) is 0.250. The van der Waals surface area contributed by atoms with Crippen molar-refractivity contribution in [3.05, 3.63) is 71.9 Å². The van der Waals surface area contributed by atoms with Crippen LogP contribution in [0, 0.1) is 11.3 Å². The maximum atomic E-state index is 8.74. The average molecular weight is 458 g/mol. The highest BCUT2D eigenvalue weighted by Crippen LogP contribution is 2.37. The van der Waals surface area contributed by atoms with Crippen molar-refractivity contribution in [3.8, 4) is 17.2 Å². The molecule has 5 rings (SSSR count). The second-order valence-corrected chi connectivity index (χ2v) is 8.38. The monoisotopic (exact) mass is 457 g/mol. The van der Waals surface area contributed by atoms with E-state index in [4.69, 9.17) is 15.4 Å². The van der Waals surface area contributed by atoms with Crippen molar-refractivity contribution in [1.29, 1.82) is 5.26 Å². The minimum Gasteiger partial charge on any atom is -0.455 e. The summed E-state index contributed by atoms with van der Waals surface area (Å²) in [5, 5.41) is 12.3. The Hall–Kier alpha value is -3.26. The minimum absolute atomic E-state index is 0. The molecule has 0 unspecified atom stereocenters. The molecule has 0 aliphatic rings. The van der Waals surface area contributed by atoms with Crippen LogP contribution in [0.1, 0.15) is 36.9 Å². The average Bonchev–Trinajstić information content (AvgIpc) is 3.37. The molecule has 0 radical (unpaired) electrons. The zero-order valence-corrected chi connectivity index (χ0v) is 19.4. The molecule has 0 aliphatic heterocycles. The summed E-state index contributed by atoms with van der Waals surface area (Å²) in [4.78, 5) is 3.63. The van der Waals surface area contributed by atoms with Crippen molar-refractivity contribution in [1.82, 2.24) is 4.98 Å². The first kappa shape index (κ1) is 22.9. The topological polar surface area (TPSA) is 78.7 Å². The largest absolute Gasteiger partial charge is 0.455 e. The number of aromatic nitrogens is 1. The first-order valence-electron chi connectivity index (χ1n) is 11.4. The molecular formula is C28H28ClN3O. The van der Waals surface area contributed by atoms with Crippen LogP contribution in [-0.4, -0.2) is 11.5 Å². The fourth-order valence-corrected chi connectivity index (χ4v) is 4.77. The van der Waals surface area contributed by atoms with E-state index >= 15 is 0 Å². The number of furan rings is 1. The second kappa shape index (κ2) is 10.1. The van der Waals surface area contributed by atoms with Crippen LogP contribution < -0.4 is 5.73 Å². The van der Waals surface area contributed by atoms with E-state index in [1.54, 1.807) is 0 Å². The molecule has 0 bridgehead atoms. The number of nitrogens with one attached hydrogen (secondary N) is 1. The molecule has 168 valence electrons. The molecule has 33 heavy (non-hydrogen) atoms. The summed E-state index contributed by atoms with van der Waals surface area (Å²) in [7, 11) is 0. The van der Waals surface area contributed by atoms with Crippen molar-refractivity contribution in [2.45, 2.75) is 38.5 Å². The van der Waals surface area contributed by atoms with Gasteiger partial charge in [0, 0.05) is 39.4 Å². The molecule has 0 spiro atoms. The van der Waals surface area contributed by atoms with E-state index in [1.165, 1.54) is 16.6 Å². The number of rotatable bonds is 8. The molecular weight excluding hydrogens is 430 g/mol. The molecule has 4 nitrogen and oxygen atoms in total. The van der Waals surface area contributed by atoms with Crippen LogP contribution in [-0.2, 0) is 12.8 Å². The van der Waals surface area contributed by atoms with Crippen molar-refractivity contribution in [2.24, 2.45) is 5.73 Å². The van der Waals surface area contributed by atoms with Gasteiger partial charge in [-0.1, -0.05) is 48.9 Å². The molecule has 0 atom stereocenters. The number of halogens is 1. The van der Waals surface area contributed by atoms with Crippen LogP contribution in [0.3, 0.4) is 0 Å². The lowest BCUT2D eigenvalue weighted by Gasteiger charge is -2.06. The maximum Gasteiger partial charge on any atom is 0.143 e. The maximum absolute atomic E-state index is 8.74. The van der Waals surface area contributed by atoms with E-state index in [1.807, 2.05) is 12.1 Å². The van der Waals surface area contributed by atoms with Gasteiger partial charge in [0.05, 0.1) is 6.07 Å². The third-order valence-corrected chi connectivity index (χ3v) is 6.32. The Bertz CT molecular complexity index is 1440. The smallest absolute Gasteiger partial charge is 0.143 e. The molecule has 5 heteroatoms. The number of nitrogens with two attached hydrogens (primary N) is 1. The Morgan fingerprint density at radius 2 is 1.73 bits per heavy atom. The highest BCUT2D eigenvalue weighted by molar-refractivity contribution is 6.10. The van der Waals surface area contributed by atoms with E-state index in [0.717, 1.165) is 70.7 Å². The summed E-state index contributed by atoms with van der Waals surface area (Å²) in [6, 6.07) is 23.4. The number of H-pyrrole nitrogens is 1. The SMILES string of the molecule is Cl.N#CCCCCCc1[nH]c2ccc(-c3cccc4c3oc3ccccc34)cc2c1CCN. The van der Waals surface area contributed by atoms with Crippen LogP contribution in [0.25, 0.3) is 44.0 Å². The molecule has 2 heterocycles. The number of aryl methyl sites for hydroxylation is 1. The molecule has 5 aromatic rings. The predicted octanol–water partition coefficient (Wildman–Crippen LogP) is 7.28. The van der Waals surface area contributed by atoms with E-state index < -0.39 is 0 Å². The van der Waals surface area contributed by atoms with Crippen molar-refractivity contribution in [2.75, 3.05) is 6.54 Å². The third kappa shape index (κ3) is 4.35. The van der Waals surface area contributed by atoms with E-state index in [-0.39, 0.29) is 12.4 Å². The summed E-state index contributed by atoms with van der Waals surface area (Å²) < 4.78 is 6.27. The van der Waals surface area contributed by atoms with Gasteiger partial charge in [0.2, 0.25) is 0 Å². The summed E-state index contributed by atoms with van der Waals surface area (Å²) in [6.45, 7) is 0.623. The van der Waals surface area contributed by atoms with Gasteiger partial charge in [-0.05, 0) is 61.6 Å². The lowest BCUT2D eigenvalue weighted by molar-refractivity contribution is 0.670. The molecule has 0 aliphatic carbocycles. The Balaban J connectivity index is 0.00000259. The zero-order valence-electron chi connectivity index (χ0n) is 18.6. The lowest BCUT2D eigenvalue weighted by atomic mass is 9.98. The Morgan fingerprint density at radius 1 is 0.879 bits per heavy atom. The third-order valence-electron chi connectivity index (χ3n) is 6.32. The van der Waals surface area contributed by atoms with Crippen LogP contribution in [0.5, 0.6) is 0 Å². The second-order valence-electron chi connectivity index (χ2n) is 8.38. The standard InChI is InChI=1S/C28H27N3O.ClH/c29-16-6-2-1-3-11-25-21(15-17-30)24-18-19(13-14-26(24)31-25)20-9-7-10-23-22-8-4-5-12-27(22)32-28(20)23;/h4-5,7-10,12-14,18,31H,1-3,6,11,15,17,30H2;1H. The normalized spacial score (nSPS) is 11.2. The van der Waals surface area contributed by atoms with Gasteiger partial charge in [0.25, 0.3) is 0 Å². The zero-order chi connectivity index (χ0) is 21.9. The van der Waals surface area contributed by atoms with Crippen LogP contribution in [0.4, 0.5) is 0 Å². The van der Waals surface area contributed by atoms with Gasteiger partial charge < -0.3 is 15.1 Å². The van der Waals surface area contributed by atoms with E-state index in [2.05, 4.69) is 59.6 Å². The molecule has 0 fully saturated rings. The summed E-state index contributed by atoms with van der Waals surface area (Å²) in [6.07, 6.45) is 5.60. The molecule has 2 aromatic heterocycles. The molecule has 3 N–H and O–H groups in total. The fourth-order valence-electron chi connectivity index (χ4n) is 4.77. The minimum atomic E-state index is 0. The van der Waals surface area contributed by atoms with Gasteiger partial charge in [-0.3, -0.25) is 0 Å². The number of nitrogens with zero attached hydrogens (tertiary/aromatic N) is 1. The quantitative estimate of drug-likeness (QED) is 0.240. The van der Waals surface area contributed by atoms with Gasteiger partial charge in [0.15, 0.2) is 0 Å². The number of hydrogen-bond donors (Lipinski definition) is 2. The van der Waals surface area contributed by atoms with Gasteiger partial charge in [0.1, 0.15) is 11.2 Å². The van der Waals surface area contributed by atoms with Crippen LogP contribution in [0.15, 0.2) is 65.1 Å². The number of benzene rings is 3. The number of hydrogen-bond acceptors (Lipinski definition) is 3. The molecule has 0 saturated carbocycles. The highest BCUT2D eigenvalue weighted by Gasteiger charge is 2.15. The summed E-state index contributed by atoms with van der Waals surface area (Å²) >= 11 is 0. The van der Waals surface area contributed by atoms with Crippen molar-refractivity contribution in [3.63, 3.8) is 0 Å². The number of para-hydroxylation sites is 2. The van der Waals surface area contributed by atoms with Crippen molar-refractivity contribution >= 4 is 45.2 Å². The van der Waals surface area contributed by atoms with Crippen LogP contribution in [0.2, 0.25) is 0 Å². The van der Waals surface area contributed by atoms with E-state index in [9.17, 15) is 0 Å². The van der Waals surface area contributed by atoms with Gasteiger partial charge in [-0.25, -0.2) is 0 Å². The molecule has 0 saturated heterocycles. The summed E-state index contributed by atoms with van der Waals surface area (Å²) in [5.74, 6) is 0. The summed E-state index contributed by atoms with van der Waals surface area (Å²) in [5.41, 5.74) is 13.8. The lowest BCUT2D eigenvalue weighted by Crippen LogP contribution is -2.04. The number of unbranched alkanes of at least 4 members (excludes halogenated alkanes) is 3. The number of aromatic amines is 1. The van der Waals surface area contributed by atoms with E-state index in [0.29, 0.717) is 13.0 Å². The Kier molecular flexibility index (Phi) is 7.03. The van der Waals surface area contributed by atoms with Gasteiger partial charge in [-0.2, -0.15) is 5.26 Å².